The molecule has 0 spiro atoms. The number of nitrogens with one attached hydrogen (secondary N) is 2. The number of aromatic nitrogens is 1. The van der Waals surface area contributed by atoms with Crippen molar-refractivity contribution < 1.29 is 9.53 Å². The van der Waals surface area contributed by atoms with Crippen LogP contribution in [0.3, 0.4) is 0 Å². The first kappa shape index (κ1) is 15.5. The van der Waals surface area contributed by atoms with Gasteiger partial charge in [-0.15, -0.1) is 0 Å². The molecule has 1 heterocycles. The molecule has 1 aromatic heterocycles. The van der Waals surface area contributed by atoms with E-state index < -0.39 is 0 Å². The van der Waals surface area contributed by atoms with Gasteiger partial charge in [0.15, 0.2) is 0 Å². The van der Waals surface area contributed by atoms with Crippen LogP contribution in [0.1, 0.15) is 15.9 Å². The summed E-state index contributed by atoms with van der Waals surface area (Å²) in [6.07, 6.45) is 3.49. The molecule has 0 aliphatic rings. The van der Waals surface area contributed by atoms with Crippen LogP contribution < -0.4 is 10.2 Å². The number of carbonyl (C=O) groups excluding carboxylic acids is 1. The quantitative estimate of drug-likeness (QED) is 0.386. The number of benzene rings is 2. The van der Waals surface area contributed by atoms with Gasteiger partial charge in [-0.2, -0.15) is 5.10 Å². The summed E-state index contributed by atoms with van der Waals surface area (Å²) in [5, 5.41) is 5.09. The summed E-state index contributed by atoms with van der Waals surface area (Å²) in [4.78, 5) is 15.3. The summed E-state index contributed by atoms with van der Waals surface area (Å²) >= 11 is 2.13. The molecule has 0 radical (unpaired) electrons. The first-order chi connectivity index (χ1) is 11.2. The van der Waals surface area contributed by atoms with Crippen molar-refractivity contribution in [1.29, 1.82) is 0 Å². The number of halogens is 1. The van der Waals surface area contributed by atoms with E-state index in [-0.39, 0.29) is 5.91 Å². The maximum Gasteiger partial charge on any atom is 0.271 e. The molecule has 0 fully saturated rings. The fourth-order valence-electron chi connectivity index (χ4n) is 2.23. The van der Waals surface area contributed by atoms with E-state index in [1.807, 2.05) is 30.5 Å². The maximum absolute atomic E-state index is 12.1. The number of rotatable bonds is 4. The minimum atomic E-state index is -0.262. The van der Waals surface area contributed by atoms with Gasteiger partial charge < -0.3 is 9.72 Å². The van der Waals surface area contributed by atoms with Crippen molar-refractivity contribution >= 4 is 45.6 Å². The number of aromatic amines is 1. The Bertz CT molecular complexity index is 886. The molecule has 0 aliphatic carbocycles. The molecule has 0 atom stereocenters. The largest absolute Gasteiger partial charge is 0.496 e. The lowest BCUT2D eigenvalue weighted by Gasteiger charge is -2.05. The number of H-pyrrole nitrogens is 1. The normalized spacial score (nSPS) is 11.0. The molecule has 23 heavy (non-hydrogen) atoms. The Hall–Kier alpha value is -2.35. The van der Waals surface area contributed by atoms with Gasteiger partial charge in [0, 0.05) is 28.2 Å². The Labute approximate surface area is 146 Å². The van der Waals surface area contributed by atoms with Gasteiger partial charge in [0.2, 0.25) is 0 Å². The zero-order valence-corrected chi connectivity index (χ0v) is 14.5. The number of carbonyl (C=O) groups is 1. The summed E-state index contributed by atoms with van der Waals surface area (Å²) in [7, 11) is 1.60. The van der Waals surface area contributed by atoms with Crippen LogP contribution >= 0.6 is 22.6 Å². The van der Waals surface area contributed by atoms with E-state index in [4.69, 9.17) is 4.74 Å². The van der Waals surface area contributed by atoms with Gasteiger partial charge in [0.25, 0.3) is 5.91 Å². The number of ether oxygens (including phenoxy) is 1. The van der Waals surface area contributed by atoms with Crippen molar-refractivity contribution in [3.8, 4) is 5.75 Å². The van der Waals surface area contributed by atoms with E-state index in [0.717, 1.165) is 25.8 Å². The second-order valence-corrected chi connectivity index (χ2v) is 6.00. The minimum absolute atomic E-state index is 0.262. The Morgan fingerprint density at radius 3 is 2.91 bits per heavy atom. The number of methoxy groups -OCH3 is 1. The van der Waals surface area contributed by atoms with E-state index in [9.17, 15) is 4.79 Å². The highest BCUT2D eigenvalue weighted by Crippen LogP contribution is 2.21. The zero-order chi connectivity index (χ0) is 16.2. The van der Waals surface area contributed by atoms with Gasteiger partial charge in [-0.3, -0.25) is 4.79 Å². The van der Waals surface area contributed by atoms with Crippen LogP contribution in [0.4, 0.5) is 0 Å². The average molecular weight is 419 g/mol. The van der Waals surface area contributed by atoms with Gasteiger partial charge in [-0.05, 0) is 46.9 Å². The molecule has 0 saturated heterocycles. The van der Waals surface area contributed by atoms with Gasteiger partial charge in [0.05, 0.1) is 16.9 Å². The molecule has 2 N–H and O–H groups in total. The fourth-order valence-corrected chi connectivity index (χ4v) is 2.97. The summed E-state index contributed by atoms with van der Waals surface area (Å²) in [6, 6.07) is 13.1. The second kappa shape index (κ2) is 6.82. The van der Waals surface area contributed by atoms with Crippen molar-refractivity contribution in [2.24, 2.45) is 5.10 Å². The predicted molar refractivity (Wildman–Crippen MR) is 99.1 cm³/mol. The Morgan fingerprint density at radius 2 is 2.13 bits per heavy atom. The van der Waals surface area contributed by atoms with Crippen molar-refractivity contribution in [1.82, 2.24) is 10.4 Å². The SMILES string of the molecule is COc1ccc(C(=O)NN=Cc2c[nH]c3ccccc23)cc1I. The molecular weight excluding hydrogens is 405 g/mol. The van der Waals surface area contributed by atoms with Crippen molar-refractivity contribution in [2.75, 3.05) is 7.11 Å². The van der Waals surface area contributed by atoms with Gasteiger partial charge in [0.1, 0.15) is 5.75 Å². The Kier molecular flexibility index (Phi) is 4.61. The molecule has 3 aromatic rings. The highest BCUT2D eigenvalue weighted by Gasteiger charge is 2.08. The summed E-state index contributed by atoms with van der Waals surface area (Å²) in [6.45, 7) is 0. The van der Waals surface area contributed by atoms with Crippen LogP contribution in [0.5, 0.6) is 5.75 Å². The number of fused-ring (bicyclic) bond motifs is 1. The third-order valence-electron chi connectivity index (χ3n) is 3.40. The zero-order valence-electron chi connectivity index (χ0n) is 12.3. The Balaban J connectivity index is 1.72. The molecule has 116 valence electrons. The molecule has 2 aromatic carbocycles. The number of para-hydroxylation sites is 1. The highest BCUT2D eigenvalue weighted by molar-refractivity contribution is 14.1. The number of amides is 1. The van der Waals surface area contributed by atoms with E-state index in [2.05, 4.69) is 38.1 Å². The first-order valence-electron chi connectivity index (χ1n) is 6.92. The van der Waals surface area contributed by atoms with E-state index in [0.29, 0.717) is 5.56 Å². The van der Waals surface area contributed by atoms with Gasteiger partial charge in [-0.1, -0.05) is 18.2 Å². The van der Waals surface area contributed by atoms with Gasteiger partial charge in [-0.25, -0.2) is 5.43 Å². The van der Waals surface area contributed by atoms with E-state index in [1.165, 1.54) is 0 Å². The van der Waals surface area contributed by atoms with Crippen LogP contribution in [0.15, 0.2) is 53.8 Å². The average Bonchev–Trinajstić information content (AvgIpc) is 2.98. The molecule has 0 aliphatic heterocycles. The van der Waals surface area contributed by atoms with Crippen LogP contribution in [-0.4, -0.2) is 24.2 Å². The minimum Gasteiger partial charge on any atom is -0.496 e. The number of hydrogen-bond acceptors (Lipinski definition) is 3. The summed E-state index contributed by atoms with van der Waals surface area (Å²) in [5.41, 5.74) is 5.03. The Morgan fingerprint density at radius 1 is 1.30 bits per heavy atom. The number of hydrazone groups is 1. The molecule has 0 unspecified atom stereocenters. The molecule has 0 saturated carbocycles. The number of nitrogens with zero attached hydrogens (tertiary/aromatic N) is 1. The topological polar surface area (TPSA) is 66.5 Å². The monoisotopic (exact) mass is 419 g/mol. The molecule has 0 bridgehead atoms. The number of hydrogen-bond donors (Lipinski definition) is 2. The van der Waals surface area contributed by atoms with Crippen molar-refractivity contribution in [2.45, 2.75) is 0 Å². The van der Waals surface area contributed by atoms with Gasteiger partial charge >= 0.3 is 0 Å². The summed E-state index contributed by atoms with van der Waals surface area (Å²) in [5.74, 6) is 0.478. The van der Waals surface area contributed by atoms with Crippen molar-refractivity contribution in [3.05, 3.63) is 63.4 Å². The van der Waals surface area contributed by atoms with Crippen LogP contribution in [0.25, 0.3) is 10.9 Å². The van der Waals surface area contributed by atoms with E-state index in [1.54, 1.807) is 31.5 Å². The molecule has 3 rings (SSSR count). The maximum atomic E-state index is 12.1. The van der Waals surface area contributed by atoms with Crippen molar-refractivity contribution in [3.63, 3.8) is 0 Å². The predicted octanol–water partition coefficient (Wildman–Crippen LogP) is 3.55. The van der Waals surface area contributed by atoms with Crippen LogP contribution in [0.2, 0.25) is 0 Å². The third-order valence-corrected chi connectivity index (χ3v) is 4.25. The molecule has 5 nitrogen and oxygen atoms in total. The highest BCUT2D eigenvalue weighted by atomic mass is 127. The van der Waals surface area contributed by atoms with E-state index >= 15 is 0 Å². The second-order valence-electron chi connectivity index (χ2n) is 4.84. The smallest absolute Gasteiger partial charge is 0.271 e. The van der Waals surface area contributed by atoms with Crippen LogP contribution in [-0.2, 0) is 0 Å². The lowest BCUT2D eigenvalue weighted by molar-refractivity contribution is 0.0955. The lowest BCUT2D eigenvalue weighted by atomic mass is 10.2. The third kappa shape index (κ3) is 3.37. The molecule has 6 heteroatoms. The molecular formula is C17H14IN3O2. The standard InChI is InChI=1S/C17H14IN3O2/c1-23-16-7-6-11(8-14(16)18)17(22)21-20-10-12-9-19-15-5-3-2-4-13(12)15/h2-10,19H,1H3,(H,21,22). The molecule has 1 amide bonds. The summed E-state index contributed by atoms with van der Waals surface area (Å²) < 4.78 is 6.05. The fraction of sp³-hybridized carbons (Fsp3) is 0.0588. The van der Waals surface area contributed by atoms with Crippen LogP contribution in [0, 0.1) is 3.57 Å². The lowest BCUT2D eigenvalue weighted by Crippen LogP contribution is -2.17. The first-order valence-corrected chi connectivity index (χ1v) is 8.00.